The van der Waals surface area contributed by atoms with E-state index in [1.54, 1.807) is 0 Å². The molecule has 0 aliphatic heterocycles. The van der Waals surface area contributed by atoms with Crippen molar-refractivity contribution in [1.82, 2.24) is 0 Å². The molecule has 0 saturated carbocycles. The third-order valence-corrected chi connectivity index (χ3v) is 13.1. The monoisotopic (exact) mass is 939 g/mol. The van der Waals surface area contributed by atoms with Gasteiger partial charge >= 0.3 is 17.9 Å². The van der Waals surface area contributed by atoms with Crippen LogP contribution in [0.2, 0.25) is 0 Å². The molecule has 2 atom stereocenters. The molecule has 66 heavy (non-hydrogen) atoms. The van der Waals surface area contributed by atoms with Gasteiger partial charge < -0.3 is 28.5 Å². The SMILES string of the molecule is CCCCCCCCCCCCCCCCCCCCCCCCCCCCCCCCCC(=O)OC(COC(=O)CCCCCCCCCCCC)COC(OCC[N+](C)(C)C)C(=O)O. The van der Waals surface area contributed by atoms with Gasteiger partial charge in [-0.05, 0) is 12.8 Å². The second-order valence-electron chi connectivity index (χ2n) is 21.0. The van der Waals surface area contributed by atoms with E-state index in [4.69, 9.17) is 18.9 Å². The standard InChI is InChI=1S/C57H111NO8/c1-6-8-10-12-14-16-18-19-20-21-22-23-24-25-26-27-28-29-30-31-32-33-34-35-36-37-38-40-42-44-46-48-55(60)66-53(52-65-57(56(61)62)63-50-49-58(3,4)5)51-64-54(59)47-45-43-41-39-17-15-13-11-9-7-2/h53,57H,6-52H2,1-5H3/p+1. The fraction of sp³-hybridized carbons (Fsp3) is 0.947. The Labute approximate surface area is 409 Å². The summed E-state index contributed by atoms with van der Waals surface area (Å²) in [5.41, 5.74) is 0. The third-order valence-electron chi connectivity index (χ3n) is 13.1. The molecule has 0 aliphatic carbocycles. The quantitative estimate of drug-likeness (QED) is 0.0278. The molecule has 0 bridgehead atoms. The first kappa shape index (κ1) is 64.3. The van der Waals surface area contributed by atoms with E-state index in [1.165, 1.54) is 225 Å². The molecule has 0 saturated heterocycles. The van der Waals surface area contributed by atoms with Crippen LogP contribution in [0.5, 0.6) is 0 Å². The van der Waals surface area contributed by atoms with Crippen LogP contribution in [0.15, 0.2) is 0 Å². The number of hydrogen-bond acceptors (Lipinski definition) is 7. The lowest BCUT2D eigenvalue weighted by Gasteiger charge is -2.25. The van der Waals surface area contributed by atoms with Gasteiger partial charge in [0.05, 0.1) is 34.4 Å². The Kier molecular flexibility index (Phi) is 48.4. The van der Waals surface area contributed by atoms with Crippen molar-refractivity contribution < 1.29 is 42.9 Å². The van der Waals surface area contributed by atoms with Gasteiger partial charge in [0, 0.05) is 12.8 Å². The van der Waals surface area contributed by atoms with Crippen molar-refractivity contribution in [3.05, 3.63) is 0 Å². The number of quaternary nitrogens is 1. The van der Waals surface area contributed by atoms with Gasteiger partial charge in [-0.3, -0.25) is 9.59 Å². The minimum atomic E-state index is -1.50. The first-order valence-electron chi connectivity index (χ1n) is 28.7. The number of aliphatic carboxylic acids is 1. The zero-order chi connectivity index (χ0) is 48.4. The molecule has 0 fully saturated rings. The van der Waals surface area contributed by atoms with E-state index in [9.17, 15) is 19.5 Å². The molecule has 392 valence electrons. The van der Waals surface area contributed by atoms with Gasteiger partial charge in [-0.15, -0.1) is 0 Å². The molecule has 0 aromatic carbocycles. The Bertz CT molecular complexity index is 1050. The lowest BCUT2D eigenvalue weighted by molar-refractivity contribution is -0.870. The van der Waals surface area contributed by atoms with Crippen molar-refractivity contribution in [2.75, 3.05) is 47.5 Å². The van der Waals surface area contributed by atoms with Crippen molar-refractivity contribution in [2.45, 2.75) is 302 Å². The number of likely N-dealkylation sites (N-methyl/N-ethyl adjacent to an activating group) is 1. The number of nitrogens with zero attached hydrogens (tertiary/aromatic N) is 1. The van der Waals surface area contributed by atoms with Crippen LogP contribution in [-0.4, -0.2) is 87.4 Å². The number of carboxylic acid groups (broad SMARTS) is 1. The predicted molar refractivity (Wildman–Crippen MR) is 277 cm³/mol. The van der Waals surface area contributed by atoms with E-state index in [0.717, 1.165) is 38.5 Å². The molecule has 0 heterocycles. The van der Waals surface area contributed by atoms with Crippen LogP contribution < -0.4 is 0 Å². The van der Waals surface area contributed by atoms with Gasteiger partial charge in [0.1, 0.15) is 13.2 Å². The summed E-state index contributed by atoms with van der Waals surface area (Å²) >= 11 is 0. The first-order chi connectivity index (χ1) is 32.1. The van der Waals surface area contributed by atoms with Gasteiger partial charge in [0.15, 0.2) is 6.10 Å². The summed E-state index contributed by atoms with van der Waals surface area (Å²) in [5, 5.41) is 9.66. The number of esters is 2. The van der Waals surface area contributed by atoms with Crippen molar-refractivity contribution in [3.63, 3.8) is 0 Å². The van der Waals surface area contributed by atoms with E-state index in [-0.39, 0.29) is 38.2 Å². The van der Waals surface area contributed by atoms with E-state index in [2.05, 4.69) is 13.8 Å². The van der Waals surface area contributed by atoms with Crippen molar-refractivity contribution >= 4 is 17.9 Å². The maximum atomic E-state index is 12.8. The number of carboxylic acids is 1. The van der Waals surface area contributed by atoms with Crippen LogP contribution in [-0.2, 0) is 33.3 Å². The molecule has 0 aromatic rings. The maximum absolute atomic E-state index is 12.8. The largest absolute Gasteiger partial charge is 0.477 e. The molecule has 2 unspecified atom stereocenters. The third kappa shape index (κ3) is 50.2. The van der Waals surface area contributed by atoms with Crippen LogP contribution in [0.1, 0.15) is 290 Å². The minimum Gasteiger partial charge on any atom is -0.477 e. The molecule has 0 aliphatic rings. The van der Waals surface area contributed by atoms with Crippen LogP contribution in [0.4, 0.5) is 0 Å². The molecular weight excluding hydrogens is 827 g/mol. The van der Waals surface area contributed by atoms with Crippen LogP contribution in [0, 0.1) is 0 Å². The van der Waals surface area contributed by atoms with E-state index < -0.39 is 18.4 Å². The summed E-state index contributed by atoms with van der Waals surface area (Å²) in [6, 6.07) is 0. The Hall–Kier alpha value is -1.71. The zero-order valence-corrected chi connectivity index (χ0v) is 44.6. The van der Waals surface area contributed by atoms with E-state index >= 15 is 0 Å². The van der Waals surface area contributed by atoms with Gasteiger partial charge in [-0.1, -0.05) is 264 Å². The summed E-state index contributed by atoms with van der Waals surface area (Å²) in [5.74, 6) is -1.98. The Morgan fingerprint density at radius 2 is 0.682 bits per heavy atom. The topological polar surface area (TPSA) is 108 Å². The van der Waals surface area contributed by atoms with Crippen LogP contribution in [0.3, 0.4) is 0 Å². The Morgan fingerprint density at radius 1 is 0.394 bits per heavy atom. The van der Waals surface area contributed by atoms with Gasteiger partial charge in [-0.25, -0.2) is 4.79 Å². The molecule has 9 heteroatoms. The van der Waals surface area contributed by atoms with Gasteiger partial charge in [0.2, 0.25) is 0 Å². The second-order valence-corrected chi connectivity index (χ2v) is 21.0. The molecule has 0 radical (unpaired) electrons. The normalized spacial score (nSPS) is 12.7. The molecule has 1 N–H and O–H groups in total. The van der Waals surface area contributed by atoms with Gasteiger partial charge in [0.25, 0.3) is 6.29 Å². The molecule has 0 aromatic heterocycles. The highest BCUT2D eigenvalue weighted by atomic mass is 16.7. The smallest absolute Gasteiger partial charge is 0.361 e. The highest BCUT2D eigenvalue weighted by Crippen LogP contribution is 2.18. The molecule has 0 amide bonds. The van der Waals surface area contributed by atoms with E-state index in [1.807, 2.05) is 21.1 Å². The van der Waals surface area contributed by atoms with E-state index in [0.29, 0.717) is 17.4 Å². The van der Waals surface area contributed by atoms with Crippen LogP contribution >= 0.6 is 0 Å². The highest BCUT2D eigenvalue weighted by Gasteiger charge is 2.25. The fourth-order valence-corrected chi connectivity index (χ4v) is 8.66. The lowest BCUT2D eigenvalue weighted by Crippen LogP contribution is -2.40. The summed E-state index contributed by atoms with van der Waals surface area (Å²) < 4.78 is 22.8. The number of carbonyl (C=O) groups excluding carboxylic acids is 2. The zero-order valence-electron chi connectivity index (χ0n) is 44.6. The molecule has 0 spiro atoms. The molecule has 9 nitrogen and oxygen atoms in total. The maximum Gasteiger partial charge on any atom is 0.361 e. The average Bonchev–Trinajstić information content (AvgIpc) is 3.28. The number of ether oxygens (including phenoxy) is 4. The number of rotatable bonds is 54. The number of carbonyl (C=O) groups is 3. The number of hydrogen-bond donors (Lipinski definition) is 1. The number of unbranched alkanes of at least 4 members (excludes halogenated alkanes) is 39. The lowest BCUT2D eigenvalue weighted by atomic mass is 10.0. The average molecular weight is 940 g/mol. The summed E-state index contributed by atoms with van der Waals surface area (Å²) in [7, 11) is 5.97. The predicted octanol–water partition coefficient (Wildman–Crippen LogP) is 16.4. The van der Waals surface area contributed by atoms with Crippen molar-refractivity contribution in [2.24, 2.45) is 0 Å². The van der Waals surface area contributed by atoms with Gasteiger partial charge in [-0.2, -0.15) is 0 Å². The molecule has 0 rings (SSSR count). The minimum absolute atomic E-state index is 0.173. The second kappa shape index (κ2) is 49.7. The summed E-state index contributed by atoms with van der Waals surface area (Å²) in [6.45, 7) is 4.91. The van der Waals surface area contributed by atoms with Crippen LogP contribution in [0.25, 0.3) is 0 Å². The summed E-state index contributed by atoms with van der Waals surface area (Å²) in [6.07, 6.45) is 52.1. The molecular formula is C57H112NO8+. The summed E-state index contributed by atoms with van der Waals surface area (Å²) in [4.78, 5) is 37.2. The van der Waals surface area contributed by atoms with Crippen molar-refractivity contribution in [1.29, 1.82) is 0 Å². The highest BCUT2D eigenvalue weighted by molar-refractivity contribution is 5.71. The Morgan fingerprint density at radius 3 is 0.970 bits per heavy atom. The Balaban J connectivity index is 3.99. The van der Waals surface area contributed by atoms with Crippen molar-refractivity contribution in [3.8, 4) is 0 Å². The fourth-order valence-electron chi connectivity index (χ4n) is 8.66. The first-order valence-corrected chi connectivity index (χ1v) is 28.7.